The van der Waals surface area contributed by atoms with Gasteiger partial charge in [0.2, 0.25) is 10.0 Å². The fourth-order valence-electron chi connectivity index (χ4n) is 1.47. The first-order valence-corrected chi connectivity index (χ1v) is 7.05. The Kier molecular flexibility index (Phi) is 4.85. The second-order valence-corrected chi connectivity index (χ2v) is 6.29. The predicted molar refractivity (Wildman–Crippen MR) is 65.3 cm³/mol. The first-order valence-electron chi connectivity index (χ1n) is 5.44. The second kappa shape index (κ2) is 5.96. The molecule has 1 N–H and O–H groups in total. The Bertz CT molecular complexity index is 509. The number of hydrogen-bond acceptors (Lipinski definition) is 4. The van der Waals surface area contributed by atoms with E-state index in [0.717, 1.165) is 5.56 Å². The summed E-state index contributed by atoms with van der Waals surface area (Å²) in [6.45, 7) is 0.239. The predicted octanol–water partition coefficient (Wildman–Crippen LogP) is 0.0465. The van der Waals surface area contributed by atoms with Gasteiger partial charge >= 0.3 is 5.97 Å². The minimum Gasteiger partial charge on any atom is -0.481 e. The molecule has 0 atom stereocenters. The topological polar surface area (TPSA) is 92.5 Å². The van der Waals surface area contributed by atoms with Gasteiger partial charge < -0.3 is 5.11 Å². The van der Waals surface area contributed by atoms with Crippen molar-refractivity contribution in [1.29, 1.82) is 0 Å². The Labute approximate surface area is 106 Å². The summed E-state index contributed by atoms with van der Waals surface area (Å²) in [5.41, 5.74) is 0.793. The van der Waals surface area contributed by atoms with Crippen molar-refractivity contribution >= 4 is 16.0 Å². The van der Waals surface area contributed by atoms with E-state index in [9.17, 15) is 13.2 Å². The van der Waals surface area contributed by atoms with Gasteiger partial charge in [-0.2, -0.15) is 5.10 Å². The minimum atomic E-state index is -3.41. The van der Waals surface area contributed by atoms with E-state index in [-0.39, 0.29) is 25.1 Å². The molecule has 1 aromatic rings. The van der Waals surface area contributed by atoms with Gasteiger partial charge in [-0.05, 0) is 6.42 Å². The highest BCUT2D eigenvalue weighted by atomic mass is 32.2. The lowest BCUT2D eigenvalue weighted by Gasteiger charge is -2.15. The highest BCUT2D eigenvalue weighted by Crippen LogP contribution is 2.08. The van der Waals surface area contributed by atoms with E-state index in [1.165, 1.54) is 11.4 Å². The van der Waals surface area contributed by atoms with Crippen LogP contribution in [0.15, 0.2) is 12.4 Å². The zero-order valence-corrected chi connectivity index (χ0v) is 11.2. The molecule has 0 saturated carbocycles. The van der Waals surface area contributed by atoms with Crippen LogP contribution in [0.2, 0.25) is 0 Å². The summed E-state index contributed by atoms with van der Waals surface area (Å²) in [5, 5.41) is 12.4. The van der Waals surface area contributed by atoms with Crippen LogP contribution in [0.4, 0.5) is 0 Å². The molecule has 1 aromatic heterocycles. The average molecular weight is 275 g/mol. The molecule has 1 heterocycles. The highest BCUT2D eigenvalue weighted by molar-refractivity contribution is 7.89. The molecule has 0 radical (unpaired) electrons. The largest absolute Gasteiger partial charge is 0.481 e. The van der Waals surface area contributed by atoms with E-state index in [0.29, 0.717) is 0 Å². The summed E-state index contributed by atoms with van der Waals surface area (Å²) in [7, 11) is -0.182. The molecule has 0 amide bonds. The van der Waals surface area contributed by atoms with Crippen LogP contribution in [0.1, 0.15) is 18.4 Å². The highest BCUT2D eigenvalue weighted by Gasteiger charge is 2.18. The van der Waals surface area contributed by atoms with Crippen LogP contribution in [-0.4, -0.2) is 46.4 Å². The number of sulfonamides is 1. The zero-order chi connectivity index (χ0) is 13.8. The minimum absolute atomic E-state index is 0.120. The summed E-state index contributed by atoms with van der Waals surface area (Å²) in [4.78, 5) is 10.3. The number of aliphatic carboxylic acids is 1. The first kappa shape index (κ1) is 14.7. The van der Waals surface area contributed by atoms with Gasteiger partial charge in [0.15, 0.2) is 0 Å². The van der Waals surface area contributed by atoms with Crippen molar-refractivity contribution in [2.24, 2.45) is 7.05 Å². The van der Waals surface area contributed by atoms with Gasteiger partial charge in [-0.3, -0.25) is 9.48 Å². The van der Waals surface area contributed by atoms with E-state index in [2.05, 4.69) is 5.10 Å². The molecule has 0 spiro atoms. The number of aromatic nitrogens is 2. The summed E-state index contributed by atoms with van der Waals surface area (Å²) < 4.78 is 26.5. The van der Waals surface area contributed by atoms with E-state index >= 15 is 0 Å². The van der Waals surface area contributed by atoms with Gasteiger partial charge in [-0.25, -0.2) is 12.7 Å². The lowest BCUT2D eigenvalue weighted by molar-refractivity contribution is -0.137. The molecule has 8 heteroatoms. The molecule has 7 nitrogen and oxygen atoms in total. The third-order valence-corrected chi connectivity index (χ3v) is 4.31. The van der Waals surface area contributed by atoms with Gasteiger partial charge in [0.05, 0.1) is 11.9 Å². The molecule has 0 aliphatic heterocycles. The first-order chi connectivity index (χ1) is 8.31. The number of hydrogen-bond donors (Lipinski definition) is 1. The van der Waals surface area contributed by atoms with E-state index in [4.69, 9.17) is 5.11 Å². The van der Waals surface area contributed by atoms with Crippen LogP contribution < -0.4 is 0 Å². The molecule has 0 bridgehead atoms. The van der Waals surface area contributed by atoms with Crippen LogP contribution in [0, 0.1) is 0 Å². The molecule has 0 saturated heterocycles. The van der Waals surface area contributed by atoms with Gasteiger partial charge in [-0.15, -0.1) is 0 Å². The molecule has 18 heavy (non-hydrogen) atoms. The number of carbonyl (C=O) groups is 1. The van der Waals surface area contributed by atoms with Crippen molar-refractivity contribution < 1.29 is 18.3 Å². The summed E-state index contributed by atoms with van der Waals surface area (Å²) in [5.74, 6) is -1.14. The van der Waals surface area contributed by atoms with Gasteiger partial charge in [0.1, 0.15) is 0 Å². The van der Waals surface area contributed by atoms with Crippen LogP contribution in [-0.2, 0) is 28.4 Å². The number of carboxylic acids is 1. The van der Waals surface area contributed by atoms with Gasteiger partial charge in [0.25, 0.3) is 0 Å². The Hall–Kier alpha value is -1.41. The van der Waals surface area contributed by atoms with Crippen molar-refractivity contribution in [3.05, 3.63) is 18.0 Å². The average Bonchev–Trinajstić information content (AvgIpc) is 2.63. The molecule has 0 aliphatic carbocycles. The van der Waals surface area contributed by atoms with Crippen molar-refractivity contribution in [2.45, 2.75) is 19.4 Å². The Balaban J connectivity index is 2.53. The number of nitrogens with zero attached hydrogens (tertiary/aromatic N) is 3. The van der Waals surface area contributed by atoms with Crippen LogP contribution >= 0.6 is 0 Å². The molecular formula is C10H17N3O4S. The van der Waals surface area contributed by atoms with E-state index in [1.54, 1.807) is 24.1 Å². The van der Waals surface area contributed by atoms with Crippen molar-refractivity contribution in [1.82, 2.24) is 14.1 Å². The normalized spacial score (nSPS) is 11.9. The summed E-state index contributed by atoms with van der Waals surface area (Å²) >= 11 is 0. The van der Waals surface area contributed by atoms with Crippen LogP contribution in [0.3, 0.4) is 0 Å². The maximum absolute atomic E-state index is 11.8. The number of carboxylic acid groups (broad SMARTS) is 1. The van der Waals surface area contributed by atoms with Crippen molar-refractivity contribution in [3.8, 4) is 0 Å². The zero-order valence-electron chi connectivity index (χ0n) is 10.4. The SMILES string of the molecule is CN(Cc1cnn(C)c1)S(=O)(=O)CCCC(=O)O. The number of aryl methyl sites for hydroxylation is 1. The standard InChI is InChI=1S/C10H17N3O4S/c1-12-7-9(6-11-12)8-13(2)18(16,17)5-3-4-10(14)15/h6-7H,3-5,8H2,1-2H3,(H,14,15). The van der Waals surface area contributed by atoms with E-state index < -0.39 is 16.0 Å². The third-order valence-electron chi connectivity index (χ3n) is 2.43. The number of rotatable bonds is 7. The summed E-state index contributed by atoms with van der Waals surface area (Å²) in [6, 6.07) is 0. The molecule has 0 aliphatic rings. The Morgan fingerprint density at radius 2 is 2.22 bits per heavy atom. The van der Waals surface area contributed by atoms with Crippen LogP contribution in [0.25, 0.3) is 0 Å². The summed E-state index contributed by atoms with van der Waals surface area (Å²) in [6.07, 6.45) is 3.32. The molecule has 102 valence electrons. The Morgan fingerprint density at radius 1 is 1.56 bits per heavy atom. The monoisotopic (exact) mass is 275 g/mol. The van der Waals surface area contributed by atoms with Gasteiger partial charge in [0, 0.05) is 38.8 Å². The smallest absolute Gasteiger partial charge is 0.303 e. The quantitative estimate of drug-likeness (QED) is 0.759. The Morgan fingerprint density at radius 3 is 2.72 bits per heavy atom. The fraction of sp³-hybridized carbons (Fsp3) is 0.600. The molecule has 0 aromatic carbocycles. The lowest BCUT2D eigenvalue weighted by atomic mass is 10.3. The molecular weight excluding hydrogens is 258 g/mol. The van der Waals surface area contributed by atoms with Crippen molar-refractivity contribution in [3.63, 3.8) is 0 Å². The van der Waals surface area contributed by atoms with Crippen LogP contribution in [0.5, 0.6) is 0 Å². The molecule has 0 unspecified atom stereocenters. The second-order valence-electron chi connectivity index (χ2n) is 4.09. The lowest BCUT2D eigenvalue weighted by Crippen LogP contribution is -2.29. The van der Waals surface area contributed by atoms with Crippen molar-refractivity contribution in [2.75, 3.05) is 12.8 Å². The maximum atomic E-state index is 11.8. The molecule has 0 fully saturated rings. The van der Waals surface area contributed by atoms with Gasteiger partial charge in [-0.1, -0.05) is 0 Å². The fourth-order valence-corrected chi connectivity index (χ4v) is 2.64. The maximum Gasteiger partial charge on any atom is 0.303 e. The third kappa shape index (κ3) is 4.46. The van der Waals surface area contributed by atoms with E-state index in [1.807, 2.05) is 0 Å². The molecule has 1 rings (SSSR count).